The molecule has 28 heavy (non-hydrogen) atoms. The van der Waals surface area contributed by atoms with Crippen LogP contribution in [0, 0.1) is 0 Å². The van der Waals surface area contributed by atoms with Gasteiger partial charge in [-0.25, -0.2) is 5.01 Å². The second kappa shape index (κ2) is 8.44. The minimum Gasteiger partial charge on any atom is -0.481 e. The Morgan fingerprint density at radius 2 is 1.75 bits per heavy atom. The topological polar surface area (TPSA) is 73.2 Å². The summed E-state index contributed by atoms with van der Waals surface area (Å²) in [5.74, 6) is -1.30. The van der Waals surface area contributed by atoms with Gasteiger partial charge in [0.05, 0.1) is 18.2 Å². The van der Waals surface area contributed by atoms with Gasteiger partial charge in [0.25, 0.3) is 0 Å². The number of hydrazone groups is 1. The molecule has 0 saturated carbocycles. The summed E-state index contributed by atoms with van der Waals surface area (Å²) >= 11 is 5.97. The molecule has 3 rings (SSSR count). The molecule has 0 bridgehead atoms. The lowest BCUT2D eigenvalue weighted by molar-refractivity contribution is -0.141. The fourth-order valence-corrected chi connectivity index (χ4v) is 3.27. The van der Waals surface area contributed by atoms with Crippen LogP contribution in [0.3, 0.4) is 0 Å². The SMILES string of the molecule is CN(C)c1ccc([C@H]2CC(c3ccc(Cl)cc3)=NN2C(=O)CCC(=O)O)cc1. The average molecular weight is 400 g/mol. The highest BCUT2D eigenvalue weighted by Gasteiger charge is 2.33. The molecular formula is C21H22ClN3O3. The Kier molecular flexibility index (Phi) is 5.99. The van der Waals surface area contributed by atoms with E-state index < -0.39 is 5.97 Å². The van der Waals surface area contributed by atoms with Crippen molar-refractivity contribution in [2.24, 2.45) is 5.10 Å². The van der Waals surface area contributed by atoms with E-state index in [2.05, 4.69) is 5.10 Å². The van der Waals surface area contributed by atoms with Gasteiger partial charge in [0, 0.05) is 37.6 Å². The average Bonchev–Trinajstić information content (AvgIpc) is 3.12. The Bertz CT molecular complexity index is 892. The molecule has 1 N–H and O–H groups in total. The number of anilines is 1. The fourth-order valence-electron chi connectivity index (χ4n) is 3.14. The van der Waals surface area contributed by atoms with Crippen molar-refractivity contribution in [1.29, 1.82) is 0 Å². The highest BCUT2D eigenvalue weighted by atomic mass is 35.5. The molecule has 1 aliphatic heterocycles. The van der Waals surface area contributed by atoms with Crippen LogP contribution in [0.25, 0.3) is 0 Å². The van der Waals surface area contributed by atoms with Gasteiger partial charge in [0.1, 0.15) is 0 Å². The van der Waals surface area contributed by atoms with Gasteiger partial charge in [-0.1, -0.05) is 35.9 Å². The van der Waals surface area contributed by atoms with Crippen LogP contribution in [0.5, 0.6) is 0 Å². The van der Waals surface area contributed by atoms with E-state index in [-0.39, 0.29) is 24.8 Å². The smallest absolute Gasteiger partial charge is 0.303 e. The van der Waals surface area contributed by atoms with E-state index in [9.17, 15) is 9.59 Å². The molecule has 6 nitrogen and oxygen atoms in total. The Hall–Kier alpha value is -2.86. The number of aliphatic carboxylic acids is 1. The van der Waals surface area contributed by atoms with Crippen LogP contribution in [0.15, 0.2) is 53.6 Å². The number of hydrogen-bond acceptors (Lipinski definition) is 4. The summed E-state index contributed by atoms with van der Waals surface area (Å²) in [6.07, 6.45) is 0.258. The molecule has 0 aromatic heterocycles. The lowest BCUT2D eigenvalue weighted by Crippen LogP contribution is -2.27. The second-order valence-electron chi connectivity index (χ2n) is 6.89. The maximum atomic E-state index is 12.7. The number of halogens is 1. The summed E-state index contributed by atoms with van der Waals surface area (Å²) in [6.45, 7) is 0. The molecule has 0 spiro atoms. The number of rotatable bonds is 6. The maximum absolute atomic E-state index is 12.7. The van der Waals surface area contributed by atoms with Crippen molar-refractivity contribution in [2.45, 2.75) is 25.3 Å². The number of carbonyl (C=O) groups excluding carboxylic acids is 1. The van der Waals surface area contributed by atoms with Crippen molar-refractivity contribution in [3.63, 3.8) is 0 Å². The zero-order valence-corrected chi connectivity index (χ0v) is 16.6. The van der Waals surface area contributed by atoms with Crippen LogP contribution in [-0.4, -0.2) is 41.8 Å². The Balaban J connectivity index is 1.89. The van der Waals surface area contributed by atoms with Crippen molar-refractivity contribution in [3.8, 4) is 0 Å². The van der Waals surface area contributed by atoms with Gasteiger partial charge in [0.15, 0.2) is 0 Å². The van der Waals surface area contributed by atoms with E-state index in [4.69, 9.17) is 16.7 Å². The van der Waals surface area contributed by atoms with Crippen LogP contribution >= 0.6 is 11.6 Å². The number of amides is 1. The van der Waals surface area contributed by atoms with E-state index in [0.29, 0.717) is 11.4 Å². The second-order valence-corrected chi connectivity index (χ2v) is 7.33. The van der Waals surface area contributed by atoms with Gasteiger partial charge in [0.2, 0.25) is 5.91 Å². The van der Waals surface area contributed by atoms with Crippen molar-refractivity contribution in [1.82, 2.24) is 5.01 Å². The summed E-state index contributed by atoms with van der Waals surface area (Å²) in [4.78, 5) is 25.5. The molecule has 1 heterocycles. The molecule has 0 unspecified atom stereocenters. The first-order valence-electron chi connectivity index (χ1n) is 8.99. The molecule has 1 amide bonds. The summed E-state index contributed by atoms with van der Waals surface area (Å²) in [5.41, 5.74) is 3.70. The largest absolute Gasteiger partial charge is 0.481 e. The van der Waals surface area contributed by atoms with Crippen molar-refractivity contribution >= 4 is 34.9 Å². The van der Waals surface area contributed by atoms with E-state index in [0.717, 1.165) is 22.5 Å². The molecule has 1 aliphatic rings. The van der Waals surface area contributed by atoms with E-state index in [1.165, 1.54) is 5.01 Å². The van der Waals surface area contributed by atoms with Gasteiger partial charge in [-0.05, 0) is 35.4 Å². The first-order chi connectivity index (χ1) is 13.3. The lowest BCUT2D eigenvalue weighted by Gasteiger charge is -2.22. The number of benzene rings is 2. The Labute approximate surface area is 169 Å². The first kappa shape index (κ1) is 19.9. The lowest BCUT2D eigenvalue weighted by atomic mass is 9.98. The highest BCUT2D eigenvalue weighted by molar-refractivity contribution is 6.30. The Morgan fingerprint density at radius 1 is 1.11 bits per heavy atom. The number of carbonyl (C=O) groups is 2. The van der Waals surface area contributed by atoms with Crippen LogP contribution in [-0.2, 0) is 9.59 Å². The normalized spacial score (nSPS) is 16.0. The van der Waals surface area contributed by atoms with Crippen LogP contribution < -0.4 is 4.90 Å². The number of nitrogens with zero attached hydrogens (tertiary/aromatic N) is 3. The van der Waals surface area contributed by atoms with E-state index in [1.54, 1.807) is 12.1 Å². The standard InChI is InChI=1S/C21H22ClN3O3/c1-24(2)17-9-5-15(6-10-17)19-13-18(14-3-7-16(22)8-4-14)23-25(19)20(26)11-12-21(27)28/h3-10,19H,11-13H2,1-2H3,(H,27,28)/t19-/m1/s1. The predicted octanol–water partition coefficient (Wildman–Crippen LogP) is 3.95. The summed E-state index contributed by atoms with van der Waals surface area (Å²) in [6, 6.07) is 15.0. The fraction of sp³-hybridized carbons (Fsp3) is 0.286. The quantitative estimate of drug-likeness (QED) is 0.798. The predicted molar refractivity (Wildman–Crippen MR) is 110 cm³/mol. The summed E-state index contributed by atoms with van der Waals surface area (Å²) < 4.78 is 0. The van der Waals surface area contributed by atoms with Gasteiger partial charge in [-0.3, -0.25) is 9.59 Å². The summed E-state index contributed by atoms with van der Waals surface area (Å²) in [5, 5.41) is 15.5. The third-order valence-electron chi connectivity index (χ3n) is 4.69. The minimum absolute atomic E-state index is 0.0843. The van der Waals surface area contributed by atoms with E-state index >= 15 is 0 Å². The molecular weight excluding hydrogens is 378 g/mol. The third-order valence-corrected chi connectivity index (χ3v) is 4.94. The number of carboxylic acid groups (broad SMARTS) is 1. The van der Waals surface area contributed by atoms with Gasteiger partial charge in [-0.2, -0.15) is 5.10 Å². The zero-order valence-electron chi connectivity index (χ0n) is 15.8. The van der Waals surface area contributed by atoms with Gasteiger partial charge >= 0.3 is 5.97 Å². The summed E-state index contributed by atoms with van der Waals surface area (Å²) in [7, 11) is 3.93. The molecule has 2 aromatic rings. The van der Waals surface area contributed by atoms with Crippen LogP contribution in [0.1, 0.15) is 36.4 Å². The monoisotopic (exact) mass is 399 g/mol. The molecule has 146 valence electrons. The number of carboxylic acids is 1. The van der Waals surface area contributed by atoms with Crippen molar-refractivity contribution < 1.29 is 14.7 Å². The van der Waals surface area contributed by atoms with Gasteiger partial charge in [-0.15, -0.1) is 0 Å². The molecule has 0 aliphatic carbocycles. The molecule has 1 atom stereocenters. The van der Waals surface area contributed by atoms with Crippen LogP contribution in [0.2, 0.25) is 5.02 Å². The molecule has 0 saturated heterocycles. The van der Waals surface area contributed by atoms with Crippen molar-refractivity contribution in [2.75, 3.05) is 19.0 Å². The molecule has 7 heteroatoms. The van der Waals surface area contributed by atoms with Crippen LogP contribution in [0.4, 0.5) is 5.69 Å². The van der Waals surface area contributed by atoms with E-state index in [1.807, 2.05) is 55.4 Å². The first-order valence-corrected chi connectivity index (χ1v) is 9.37. The molecule has 2 aromatic carbocycles. The van der Waals surface area contributed by atoms with Gasteiger partial charge < -0.3 is 10.0 Å². The van der Waals surface area contributed by atoms with Crippen molar-refractivity contribution in [3.05, 3.63) is 64.7 Å². The molecule has 0 fully saturated rings. The Morgan fingerprint density at radius 3 is 2.32 bits per heavy atom. The minimum atomic E-state index is -0.999. The zero-order chi connectivity index (χ0) is 20.3. The number of hydrogen-bond donors (Lipinski definition) is 1. The molecule has 0 radical (unpaired) electrons. The maximum Gasteiger partial charge on any atom is 0.303 e. The third kappa shape index (κ3) is 4.51. The highest BCUT2D eigenvalue weighted by Crippen LogP contribution is 2.34.